The molecule has 2 rings (SSSR count). The number of hydrogen-bond acceptors (Lipinski definition) is 4. The smallest absolute Gasteiger partial charge is 0.258 e. The normalized spacial score (nSPS) is 20.3. The number of amides is 1. The number of rotatable bonds is 5. The lowest BCUT2D eigenvalue weighted by Gasteiger charge is -2.09. The predicted octanol–water partition coefficient (Wildman–Crippen LogP) is 1.07. The molecule has 1 aromatic carbocycles. The van der Waals surface area contributed by atoms with Crippen LogP contribution >= 0.6 is 0 Å². The molecular weight excluding hydrogens is 258 g/mol. The second-order valence-corrected chi connectivity index (χ2v) is 5.61. The minimum absolute atomic E-state index is 0.0184. The van der Waals surface area contributed by atoms with E-state index in [2.05, 4.69) is 24.3 Å². The van der Waals surface area contributed by atoms with E-state index in [0.29, 0.717) is 11.3 Å². The lowest BCUT2D eigenvalue weighted by Crippen LogP contribution is -2.32. The first kappa shape index (κ1) is 14.2. The minimum atomic E-state index is -0.124. The SMILES string of the molecule is CC1(C)CC1NC(=O)COc1ccc(C(N)=NO)cc1. The van der Waals surface area contributed by atoms with Crippen LogP contribution in [0.3, 0.4) is 0 Å². The van der Waals surface area contributed by atoms with Crippen LogP contribution < -0.4 is 15.8 Å². The van der Waals surface area contributed by atoms with Crippen molar-refractivity contribution in [2.75, 3.05) is 6.61 Å². The van der Waals surface area contributed by atoms with Gasteiger partial charge in [-0.25, -0.2) is 0 Å². The summed E-state index contributed by atoms with van der Waals surface area (Å²) in [5.41, 5.74) is 6.24. The zero-order chi connectivity index (χ0) is 14.8. The summed E-state index contributed by atoms with van der Waals surface area (Å²) < 4.78 is 5.38. The predicted molar refractivity (Wildman–Crippen MR) is 74.8 cm³/mol. The van der Waals surface area contributed by atoms with Gasteiger partial charge in [0.05, 0.1) is 0 Å². The highest BCUT2D eigenvalue weighted by Gasteiger charge is 2.46. The van der Waals surface area contributed by atoms with E-state index in [-0.39, 0.29) is 29.8 Å². The molecule has 1 fully saturated rings. The number of nitrogens with one attached hydrogen (secondary N) is 1. The zero-order valence-corrected chi connectivity index (χ0v) is 11.6. The summed E-state index contributed by atoms with van der Waals surface area (Å²) >= 11 is 0. The third-order valence-electron chi connectivity index (χ3n) is 3.48. The number of carbonyl (C=O) groups excluding carboxylic acids is 1. The number of hydrogen-bond donors (Lipinski definition) is 3. The first-order valence-electron chi connectivity index (χ1n) is 6.42. The summed E-state index contributed by atoms with van der Waals surface area (Å²) in [6.45, 7) is 4.21. The summed E-state index contributed by atoms with van der Waals surface area (Å²) in [5.74, 6) is 0.469. The van der Waals surface area contributed by atoms with Gasteiger partial charge < -0.3 is 21.0 Å². The van der Waals surface area contributed by atoms with Gasteiger partial charge in [-0.05, 0) is 36.1 Å². The Labute approximate surface area is 117 Å². The third kappa shape index (κ3) is 3.40. The average molecular weight is 277 g/mol. The quantitative estimate of drug-likeness (QED) is 0.324. The third-order valence-corrected chi connectivity index (χ3v) is 3.48. The van der Waals surface area contributed by atoms with E-state index in [1.54, 1.807) is 24.3 Å². The highest BCUT2D eigenvalue weighted by atomic mass is 16.5. The molecular formula is C14H19N3O3. The van der Waals surface area contributed by atoms with Gasteiger partial charge in [-0.1, -0.05) is 19.0 Å². The van der Waals surface area contributed by atoms with Crippen molar-refractivity contribution in [2.45, 2.75) is 26.3 Å². The molecule has 4 N–H and O–H groups in total. The average Bonchev–Trinajstić information content (AvgIpc) is 3.03. The van der Waals surface area contributed by atoms with Crippen LogP contribution in [0.5, 0.6) is 5.75 Å². The molecule has 0 saturated heterocycles. The first-order valence-corrected chi connectivity index (χ1v) is 6.42. The number of oxime groups is 1. The van der Waals surface area contributed by atoms with E-state index in [0.717, 1.165) is 6.42 Å². The Morgan fingerprint density at radius 3 is 2.60 bits per heavy atom. The van der Waals surface area contributed by atoms with Crippen LogP contribution in [0, 0.1) is 5.41 Å². The fourth-order valence-corrected chi connectivity index (χ4v) is 1.88. The highest BCUT2D eigenvalue weighted by Crippen LogP contribution is 2.44. The van der Waals surface area contributed by atoms with Gasteiger partial charge in [0.15, 0.2) is 12.4 Å². The largest absolute Gasteiger partial charge is 0.484 e. The lowest BCUT2D eigenvalue weighted by molar-refractivity contribution is -0.123. The number of benzene rings is 1. The van der Waals surface area contributed by atoms with Crippen molar-refractivity contribution in [3.05, 3.63) is 29.8 Å². The second-order valence-electron chi connectivity index (χ2n) is 5.61. The van der Waals surface area contributed by atoms with Gasteiger partial charge in [-0.15, -0.1) is 0 Å². The Morgan fingerprint density at radius 2 is 2.10 bits per heavy atom. The van der Waals surface area contributed by atoms with Gasteiger partial charge in [-0.3, -0.25) is 4.79 Å². The highest BCUT2D eigenvalue weighted by molar-refractivity contribution is 5.97. The van der Waals surface area contributed by atoms with Crippen molar-refractivity contribution in [2.24, 2.45) is 16.3 Å². The van der Waals surface area contributed by atoms with E-state index < -0.39 is 0 Å². The zero-order valence-electron chi connectivity index (χ0n) is 11.6. The molecule has 0 aliphatic heterocycles. The number of nitrogens with two attached hydrogens (primary N) is 1. The Balaban J connectivity index is 1.81. The minimum Gasteiger partial charge on any atom is -0.484 e. The summed E-state index contributed by atoms with van der Waals surface area (Å²) in [6, 6.07) is 6.91. The topological polar surface area (TPSA) is 96.9 Å². The van der Waals surface area contributed by atoms with E-state index in [1.165, 1.54) is 0 Å². The molecule has 1 amide bonds. The Bertz CT molecular complexity index is 523. The molecule has 20 heavy (non-hydrogen) atoms. The van der Waals surface area contributed by atoms with Crippen LogP contribution in [0.15, 0.2) is 29.4 Å². The second kappa shape index (κ2) is 5.40. The summed E-state index contributed by atoms with van der Waals surface area (Å²) in [6.07, 6.45) is 1.01. The van der Waals surface area contributed by atoms with Crippen LogP contribution in [0.2, 0.25) is 0 Å². The molecule has 0 bridgehead atoms. The Kier molecular flexibility index (Phi) is 3.83. The van der Waals surface area contributed by atoms with Crippen LogP contribution in [0.4, 0.5) is 0 Å². The molecule has 1 aliphatic carbocycles. The number of ether oxygens (including phenoxy) is 1. The molecule has 1 aliphatic rings. The summed E-state index contributed by atoms with van der Waals surface area (Å²) in [7, 11) is 0. The van der Waals surface area contributed by atoms with Crippen molar-refractivity contribution in [1.82, 2.24) is 5.32 Å². The molecule has 0 aromatic heterocycles. The molecule has 108 valence electrons. The van der Waals surface area contributed by atoms with Crippen molar-refractivity contribution >= 4 is 11.7 Å². The van der Waals surface area contributed by atoms with Gasteiger partial charge in [0.25, 0.3) is 5.91 Å². The molecule has 1 aromatic rings. The van der Waals surface area contributed by atoms with E-state index in [4.69, 9.17) is 15.7 Å². The molecule has 6 nitrogen and oxygen atoms in total. The standard InChI is InChI=1S/C14H19N3O3/c1-14(2)7-11(14)16-12(18)8-20-10-5-3-9(4-6-10)13(15)17-19/h3-6,11,19H,7-8H2,1-2H3,(H2,15,17)(H,16,18). The van der Waals surface area contributed by atoms with E-state index in [1.807, 2.05) is 0 Å². The number of amidine groups is 1. The monoisotopic (exact) mass is 277 g/mol. The number of nitrogens with zero attached hydrogens (tertiary/aromatic N) is 1. The maximum absolute atomic E-state index is 11.7. The van der Waals surface area contributed by atoms with Gasteiger partial charge in [0, 0.05) is 11.6 Å². The van der Waals surface area contributed by atoms with Crippen LogP contribution in [-0.4, -0.2) is 29.6 Å². The molecule has 0 spiro atoms. The lowest BCUT2D eigenvalue weighted by atomic mass is 10.2. The Hall–Kier alpha value is -2.24. The van der Waals surface area contributed by atoms with Gasteiger partial charge in [0.2, 0.25) is 0 Å². The van der Waals surface area contributed by atoms with Crippen molar-refractivity contribution < 1.29 is 14.7 Å². The fraction of sp³-hybridized carbons (Fsp3) is 0.429. The van der Waals surface area contributed by atoms with Gasteiger partial charge in [0.1, 0.15) is 5.75 Å². The fourth-order valence-electron chi connectivity index (χ4n) is 1.88. The molecule has 1 saturated carbocycles. The molecule has 0 radical (unpaired) electrons. The van der Waals surface area contributed by atoms with Crippen LogP contribution in [-0.2, 0) is 4.79 Å². The number of carbonyl (C=O) groups is 1. The Morgan fingerprint density at radius 1 is 1.50 bits per heavy atom. The summed E-state index contributed by atoms with van der Waals surface area (Å²) in [5, 5.41) is 14.4. The maximum Gasteiger partial charge on any atom is 0.258 e. The van der Waals surface area contributed by atoms with E-state index >= 15 is 0 Å². The molecule has 0 heterocycles. The molecule has 1 atom stereocenters. The maximum atomic E-state index is 11.7. The van der Waals surface area contributed by atoms with Crippen LogP contribution in [0.1, 0.15) is 25.8 Å². The van der Waals surface area contributed by atoms with Crippen LogP contribution in [0.25, 0.3) is 0 Å². The van der Waals surface area contributed by atoms with Gasteiger partial charge in [-0.2, -0.15) is 0 Å². The van der Waals surface area contributed by atoms with Gasteiger partial charge >= 0.3 is 0 Å². The first-order chi connectivity index (χ1) is 9.42. The van der Waals surface area contributed by atoms with Crippen molar-refractivity contribution in [3.63, 3.8) is 0 Å². The van der Waals surface area contributed by atoms with E-state index in [9.17, 15) is 4.79 Å². The van der Waals surface area contributed by atoms with Crippen molar-refractivity contribution in [1.29, 1.82) is 0 Å². The molecule has 6 heteroatoms. The summed E-state index contributed by atoms with van der Waals surface area (Å²) in [4.78, 5) is 11.7. The van der Waals surface area contributed by atoms with Crippen molar-refractivity contribution in [3.8, 4) is 5.75 Å². The molecule has 1 unspecified atom stereocenters.